The summed E-state index contributed by atoms with van der Waals surface area (Å²) in [6, 6.07) is 5.57. The Morgan fingerprint density at radius 3 is 2.78 bits per heavy atom. The van der Waals surface area contributed by atoms with Gasteiger partial charge in [0.25, 0.3) is 0 Å². The van der Waals surface area contributed by atoms with Gasteiger partial charge in [0.2, 0.25) is 11.8 Å². The maximum atomic E-state index is 12.0. The monoisotopic (exact) mass is 248 g/mol. The van der Waals surface area contributed by atoms with E-state index in [0.717, 1.165) is 11.3 Å². The van der Waals surface area contributed by atoms with Gasteiger partial charge in [-0.3, -0.25) is 9.59 Å². The number of methoxy groups -OCH3 is 1. The van der Waals surface area contributed by atoms with Crippen molar-refractivity contribution in [3.63, 3.8) is 0 Å². The third kappa shape index (κ3) is 2.03. The minimum absolute atomic E-state index is 0.0913. The molecule has 1 fully saturated rings. The molecule has 18 heavy (non-hydrogen) atoms. The zero-order valence-corrected chi connectivity index (χ0v) is 10.5. The maximum Gasteiger partial charge on any atom is 0.227 e. The molecule has 0 bridgehead atoms. The number of ether oxygens (including phenoxy) is 1. The van der Waals surface area contributed by atoms with Gasteiger partial charge in [0.05, 0.1) is 18.7 Å². The molecule has 1 saturated heterocycles. The summed E-state index contributed by atoms with van der Waals surface area (Å²) in [6.07, 6.45) is 0.173. The average Bonchev–Trinajstić information content (AvgIpc) is 2.71. The summed E-state index contributed by atoms with van der Waals surface area (Å²) in [5, 5.41) is 0. The van der Waals surface area contributed by atoms with Crippen LogP contribution in [0.3, 0.4) is 0 Å². The average molecular weight is 248 g/mol. The van der Waals surface area contributed by atoms with E-state index < -0.39 is 11.8 Å². The van der Waals surface area contributed by atoms with Crippen LogP contribution in [0.15, 0.2) is 18.2 Å². The number of carbonyl (C=O) groups is 2. The van der Waals surface area contributed by atoms with E-state index in [-0.39, 0.29) is 12.3 Å². The molecule has 1 unspecified atom stereocenters. The van der Waals surface area contributed by atoms with Gasteiger partial charge in [-0.2, -0.15) is 0 Å². The molecular formula is C13H16N2O3. The van der Waals surface area contributed by atoms with Gasteiger partial charge in [0.1, 0.15) is 5.75 Å². The van der Waals surface area contributed by atoms with Crippen molar-refractivity contribution in [2.75, 3.05) is 18.6 Å². The SMILES string of the molecule is COc1cccc(C)c1N1CC(C(N)=O)CC1=O. The first-order valence-corrected chi connectivity index (χ1v) is 5.78. The van der Waals surface area contributed by atoms with E-state index in [1.165, 1.54) is 0 Å². The Bertz CT molecular complexity index is 499. The minimum Gasteiger partial charge on any atom is -0.495 e. The number of aryl methyl sites for hydroxylation is 1. The first-order valence-electron chi connectivity index (χ1n) is 5.78. The first kappa shape index (κ1) is 12.4. The highest BCUT2D eigenvalue weighted by Crippen LogP contribution is 2.35. The quantitative estimate of drug-likeness (QED) is 0.861. The smallest absolute Gasteiger partial charge is 0.227 e. The molecule has 1 heterocycles. The molecule has 1 aliphatic rings. The number of carbonyl (C=O) groups excluding carboxylic acids is 2. The summed E-state index contributed by atoms with van der Waals surface area (Å²) in [7, 11) is 1.56. The van der Waals surface area contributed by atoms with Crippen LogP contribution in [0.2, 0.25) is 0 Å². The molecule has 96 valence electrons. The lowest BCUT2D eigenvalue weighted by molar-refractivity contribution is -0.123. The van der Waals surface area contributed by atoms with E-state index in [4.69, 9.17) is 10.5 Å². The van der Waals surface area contributed by atoms with Gasteiger partial charge < -0.3 is 15.4 Å². The second-order valence-electron chi connectivity index (χ2n) is 4.43. The molecule has 2 rings (SSSR count). The normalized spacial score (nSPS) is 19.1. The molecule has 5 nitrogen and oxygen atoms in total. The van der Waals surface area contributed by atoms with Gasteiger partial charge in [-0.15, -0.1) is 0 Å². The van der Waals surface area contributed by atoms with Crippen molar-refractivity contribution in [2.24, 2.45) is 11.7 Å². The van der Waals surface area contributed by atoms with Gasteiger partial charge in [0, 0.05) is 13.0 Å². The highest BCUT2D eigenvalue weighted by Gasteiger charge is 2.35. The fourth-order valence-electron chi connectivity index (χ4n) is 2.26. The minimum atomic E-state index is -0.432. The van der Waals surface area contributed by atoms with Crippen molar-refractivity contribution >= 4 is 17.5 Å². The Labute approximate surface area is 106 Å². The van der Waals surface area contributed by atoms with Crippen molar-refractivity contribution in [1.29, 1.82) is 0 Å². The zero-order valence-electron chi connectivity index (χ0n) is 10.5. The Morgan fingerprint density at radius 1 is 1.50 bits per heavy atom. The van der Waals surface area contributed by atoms with Crippen LogP contribution < -0.4 is 15.4 Å². The molecule has 0 spiro atoms. The molecule has 0 aromatic heterocycles. The molecule has 0 aliphatic carbocycles. The van der Waals surface area contributed by atoms with Crippen LogP contribution in [0.25, 0.3) is 0 Å². The van der Waals surface area contributed by atoms with Gasteiger partial charge in [-0.25, -0.2) is 0 Å². The van der Waals surface area contributed by atoms with Crippen molar-refractivity contribution < 1.29 is 14.3 Å². The van der Waals surface area contributed by atoms with Crippen LogP contribution >= 0.6 is 0 Å². The van der Waals surface area contributed by atoms with E-state index in [1.807, 2.05) is 19.1 Å². The lowest BCUT2D eigenvalue weighted by atomic mass is 10.1. The Hall–Kier alpha value is -2.04. The number of amides is 2. The van der Waals surface area contributed by atoms with Gasteiger partial charge in [0.15, 0.2) is 0 Å². The van der Waals surface area contributed by atoms with E-state index in [2.05, 4.69) is 0 Å². The Kier molecular flexibility index (Phi) is 3.23. The zero-order chi connectivity index (χ0) is 13.3. The van der Waals surface area contributed by atoms with Crippen LogP contribution in [-0.2, 0) is 9.59 Å². The fraction of sp³-hybridized carbons (Fsp3) is 0.385. The van der Waals surface area contributed by atoms with Gasteiger partial charge in [-0.05, 0) is 18.6 Å². The van der Waals surface area contributed by atoms with E-state index in [9.17, 15) is 9.59 Å². The topological polar surface area (TPSA) is 72.6 Å². The summed E-state index contributed by atoms with van der Waals surface area (Å²) in [5.74, 6) is -0.305. The van der Waals surface area contributed by atoms with E-state index in [0.29, 0.717) is 12.3 Å². The highest BCUT2D eigenvalue weighted by molar-refractivity contribution is 6.01. The molecule has 2 N–H and O–H groups in total. The maximum absolute atomic E-state index is 12.0. The third-order valence-corrected chi connectivity index (χ3v) is 3.22. The van der Waals surface area contributed by atoms with Crippen molar-refractivity contribution in [3.05, 3.63) is 23.8 Å². The Balaban J connectivity index is 2.38. The fourth-order valence-corrected chi connectivity index (χ4v) is 2.26. The number of hydrogen-bond donors (Lipinski definition) is 1. The molecule has 1 aromatic carbocycles. The molecule has 1 aromatic rings. The van der Waals surface area contributed by atoms with Crippen molar-refractivity contribution in [2.45, 2.75) is 13.3 Å². The molecule has 1 atom stereocenters. The number of nitrogens with two attached hydrogens (primary N) is 1. The van der Waals surface area contributed by atoms with Crippen LogP contribution in [-0.4, -0.2) is 25.5 Å². The first-order chi connectivity index (χ1) is 8.54. The predicted molar refractivity (Wildman–Crippen MR) is 67.4 cm³/mol. The number of para-hydroxylation sites is 1. The largest absolute Gasteiger partial charge is 0.495 e. The molecule has 1 aliphatic heterocycles. The molecule has 0 saturated carbocycles. The molecule has 5 heteroatoms. The number of nitrogens with zero attached hydrogens (tertiary/aromatic N) is 1. The second-order valence-corrected chi connectivity index (χ2v) is 4.43. The lowest BCUT2D eigenvalue weighted by Gasteiger charge is -2.21. The van der Waals surface area contributed by atoms with Crippen molar-refractivity contribution in [1.82, 2.24) is 0 Å². The molecular weight excluding hydrogens is 232 g/mol. The Morgan fingerprint density at radius 2 is 2.22 bits per heavy atom. The number of rotatable bonds is 3. The highest BCUT2D eigenvalue weighted by atomic mass is 16.5. The number of primary amides is 1. The predicted octanol–water partition coefficient (Wildman–Crippen LogP) is 0.842. The summed E-state index contributed by atoms with van der Waals surface area (Å²) >= 11 is 0. The van der Waals surface area contributed by atoms with E-state index in [1.54, 1.807) is 18.1 Å². The number of benzene rings is 1. The summed E-state index contributed by atoms with van der Waals surface area (Å²) < 4.78 is 5.27. The molecule has 2 amide bonds. The van der Waals surface area contributed by atoms with Gasteiger partial charge >= 0.3 is 0 Å². The standard InChI is InChI=1S/C13H16N2O3/c1-8-4-3-5-10(18-2)12(8)15-7-9(13(14)17)6-11(15)16/h3-5,9H,6-7H2,1-2H3,(H2,14,17). The summed E-state index contributed by atoms with van der Waals surface area (Å²) in [5.41, 5.74) is 6.93. The van der Waals surface area contributed by atoms with Crippen LogP contribution in [0.4, 0.5) is 5.69 Å². The number of hydrogen-bond acceptors (Lipinski definition) is 3. The third-order valence-electron chi connectivity index (χ3n) is 3.22. The van der Waals surface area contributed by atoms with Gasteiger partial charge in [-0.1, -0.05) is 12.1 Å². The van der Waals surface area contributed by atoms with Crippen LogP contribution in [0.1, 0.15) is 12.0 Å². The van der Waals surface area contributed by atoms with Crippen LogP contribution in [0.5, 0.6) is 5.75 Å². The second kappa shape index (κ2) is 4.68. The van der Waals surface area contributed by atoms with E-state index >= 15 is 0 Å². The lowest BCUT2D eigenvalue weighted by Crippen LogP contribution is -2.29. The molecule has 0 radical (unpaired) electrons. The summed E-state index contributed by atoms with van der Waals surface area (Å²) in [6.45, 7) is 2.23. The van der Waals surface area contributed by atoms with Crippen molar-refractivity contribution in [3.8, 4) is 5.75 Å². The number of anilines is 1. The summed E-state index contributed by atoms with van der Waals surface area (Å²) in [4.78, 5) is 24.7. The van der Waals surface area contributed by atoms with Crippen LogP contribution in [0, 0.1) is 12.8 Å².